The Morgan fingerprint density at radius 1 is 0.862 bits per heavy atom. The van der Waals surface area contributed by atoms with Crippen molar-refractivity contribution in [2.75, 3.05) is 30.9 Å². The van der Waals surface area contributed by atoms with E-state index in [0.29, 0.717) is 18.0 Å². The number of carbonyl (C=O) groups excluding carboxylic acids is 1. The summed E-state index contributed by atoms with van der Waals surface area (Å²) in [7, 11) is 1.60. The fourth-order valence-electron chi connectivity index (χ4n) is 2.90. The molecule has 0 aromatic heterocycles. The van der Waals surface area contributed by atoms with Gasteiger partial charge >= 0.3 is 0 Å². The first-order chi connectivity index (χ1) is 14.2. The molecular weight excluding hydrogens is 364 g/mol. The highest BCUT2D eigenvalue weighted by atomic mass is 16.5. The molecule has 0 aliphatic heterocycles. The van der Waals surface area contributed by atoms with E-state index in [1.807, 2.05) is 48.5 Å². The molecule has 0 unspecified atom stereocenters. The molecule has 0 heterocycles. The molecular formula is C24H26N2O3. The highest BCUT2D eigenvalue weighted by Crippen LogP contribution is 2.19. The molecule has 29 heavy (non-hydrogen) atoms. The van der Waals surface area contributed by atoms with E-state index in [2.05, 4.69) is 34.9 Å². The minimum atomic E-state index is -0.132. The summed E-state index contributed by atoms with van der Waals surface area (Å²) >= 11 is 0. The Balaban J connectivity index is 1.42. The smallest absolute Gasteiger partial charge is 0.243 e. The van der Waals surface area contributed by atoms with Crippen molar-refractivity contribution < 1.29 is 14.3 Å². The molecule has 1 amide bonds. The molecule has 0 aliphatic carbocycles. The molecule has 3 aromatic carbocycles. The van der Waals surface area contributed by atoms with Gasteiger partial charge < -0.3 is 20.1 Å². The van der Waals surface area contributed by atoms with E-state index in [0.717, 1.165) is 24.3 Å². The third-order valence-electron chi connectivity index (χ3n) is 4.36. The molecule has 0 spiro atoms. The van der Waals surface area contributed by atoms with Crippen LogP contribution in [0.1, 0.15) is 12.0 Å². The average molecular weight is 390 g/mol. The zero-order chi connectivity index (χ0) is 20.3. The molecule has 0 fully saturated rings. The number of rotatable bonds is 10. The lowest BCUT2D eigenvalue weighted by Crippen LogP contribution is -2.21. The van der Waals surface area contributed by atoms with Gasteiger partial charge in [0.25, 0.3) is 0 Å². The van der Waals surface area contributed by atoms with Crippen molar-refractivity contribution in [1.29, 1.82) is 0 Å². The van der Waals surface area contributed by atoms with Crippen LogP contribution in [0.5, 0.6) is 11.5 Å². The van der Waals surface area contributed by atoms with Crippen LogP contribution in [0.3, 0.4) is 0 Å². The SMILES string of the molecule is COc1cccc(NC(=O)CNc2cccc(OCCCc3ccccc3)c2)c1. The summed E-state index contributed by atoms with van der Waals surface area (Å²) in [6.45, 7) is 0.809. The number of hydrogen-bond acceptors (Lipinski definition) is 4. The van der Waals surface area contributed by atoms with E-state index in [1.54, 1.807) is 13.2 Å². The molecule has 0 aliphatic rings. The molecule has 5 nitrogen and oxygen atoms in total. The molecule has 0 radical (unpaired) electrons. The van der Waals surface area contributed by atoms with E-state index in [4.69, 9.17) is 9.47 Å². The molecule has 0 bridgehead atoms. The quantitative estimate of drug-likeness (QED) is 0.490. The standard InChI is InChI=1S/C24H26N2O3/c1-28-22-13-6-12-21(17-22)26-24(27)18-25-20-11-5-14-23(16-20)29-15-7-10-19-8-3-2-4-9-19/h2-6,8-9,11-14,16-17,25H,7,10,15,18H2,1H3,(H,26,27). The number of amides is 1. The lowest BCUT2D eigenvalue weighted by Gasteiger charge is -2.11. The average Bonchev–Trinajstić information content (AvgIpc) is 2.76. The molecule has 2 N–H and O–H groups in total. The highest BCUT2D eigenvalue weighted by molar-refractivity contribution is 5.93. The van der Waals surface area contributed by atoms with Crippen LogP contribution in [0.25, 0.3) is 0 Å². The fourth-order valence-corrected chi connectivity index (χ4v) is 2.90. The largest absolute Gasteiger partial charge is 0.497 e. The number of ether oxygens (including phenoxy) is 2. The van der Waals surface area contributed by atoms with Crippen LogP contribution in [0, 0.1) is 0 Å². The number of nitrogens with one attached hydrogen (secondary N) is 2. The van der Waals surface area contributed by atoms with Gasteiger partial charge in [-0.1, -0.05) is 42.5 Å². The van der Waals surface area contributed by atoms with Gasteiger partial charge in [0.2, 0.25) is 5.91 Å². The zero-order valence-electron chi connectivity index (χ0n) is 16.6. The number of hydrogen-bond donors (Lipinski definition) is 2. The number of benzene rings is 3. The van der Waals surface area contributed by atoms with E-state index in [1.165, 1.54) is 5.56 Å². The normalized spacial score (nSPS) is 10.2. The maximum atomic E-state index is 12.2. The van der Waals surface area contributed by atoms with Crippen molar-refractivity contribution in [3.8, 4) is 11.5 Å². The van der Waals surface area contributed by atoms with Gasteiger partial charge in [-0.05, 0) is 42.7 Å². The van der Waals surface area contributed by atoms with Crippen LogP contribution in [-0.2, 0) is 11.2 Å². The number of anilines is 2. The summed E-state index contributed by atoms with van der Waals surface area (Å²) in [5.74, 6) is 1.36. The van der Waals surface area contributed by atoms with Gasteiger partial charge in [-0.15, -0.1) is 0 Å². The minimum absolute atomic E-state index is 0.132. The maximum Gasteiger partial charge on any atom is 0.243 e. The van der Waals surface area contributed by atoms with Crippen LogP contribution < -0.4 is 20.1 Å². The van der Waals surface area contributed by atoms with E-state index >= 15 is 0 Å². The first-order valence-electron chi connectivity index (χ1n) is 9.67. The van der Waals surface area contributed by atoms with E-state index in [-0.39, 0.29) is 12.5 Å². The Morgan fingerprint density at radius 3 is 2.38 bits per heavy atom. The number of aryl methyl sites for hydroxylation is 1. The van der Waals surface area contributed by atoms with Gasteiger partial charge in [0.1, 0.15) is 11.5 Å². The second-order valence-corrected chi connectivity index (χ2v) is 6.60. The van der Waals surface area contributed by atoms with Gasteiger partial charge in [0.15, 0.2) is 0 Å². The predicted octanol–water partition coefficient (Wildman–Crippen LogP) is 4.76. The van der Waals surface area contributed by atoms with Crippen LogP contribution in [0.4, 0.5) is 11.4 Å². The van der Waals surface area contributed by atoms with Crippen molar-refractivity contribution in [3.05, 3.63) is 84.4 Å². The van der Waals surface area contributed by atoms with Gasteiger partial charge in [-0.2, -0.15) is 0 Å². The second kappa shape index (κ2) is 10.8. The second-order valence-electron chi connectivity index (χ2n) is 6.60. The van der Waals surface area contributed by atoms with Gasteiger partial charge in [-0.3, -0.25) is 4.79 Å². The van der Waals surface area contributed by atoms with E-state index in [9.17, 15) is 4.79 Å². The van der Waals surface area contributed by atoms with Crippen molar-refractivity contribution in [2.45, 2.75) is 12.8 Å². The molecule has 3 rings (SSSR count). The lowest BCUT2D eigenvalue weighted by molar-refractivity contribution is -0.114. The Bertz CT molecular complexity index is 913. The summed E-state index contributed by atoms with van der Waals surface area (Å²) in [6.07, 6.45) is 1.94. The maximum absolute atomic E-state index is 12.2. The topological polar surface area (TPSA) is 59.6 Å². The zero-order valence-corrected chi connectivity index (χ0v) is 16.6. The molecule has 0 saturated carbocycles. The lowest BCUT2D eigenvalue weighted by atomic mass is 10.1. The summed E-state index contributed by atoms with van der Waals surface area (Å²) in [5.41, 5.74) is 2.85. The van der Waals surface area contributed by atoms with Crippen molar-refractivity contribution in [3.63, 3.8) is 0 Å². The van der Waals surface area contributed by atoms with Gasteiger partial charge in [-0.25, -0.2) is 0 Å². The van der Waals surface area contributed by atoms with Gasteiger partial charge in [0.05, 0.1) is 20.3 Å². The van der Waals surface area contributed by atoms with Crippen molar-refractivity contribution in [1.82, 2.24) is 0 Å². The Morgan fingerprint density at radius 2 is 1.59 bits per heavy atom. The Hall–Kier alpha value is -3.47. The van der Waals surface area contributed by atoms with Crippen LogP contribution >= 0.6 is 0 Å². The van der Waals surface area contributed by atoms with Crippen molar-refractivity contribution in [2.24, 2.45) is 0 Å². The van der Waals surface area contributed by atoms with Crippen molar-refractivity contribution >= 4 is 17.3 Å². The molecule has 5 heteroatoms. The first-order valence-corrected chi connectivity index (χ1v) is 9.67. The monoisotopic (exact) mass is 390 g/mol. The van der Waals surface area contributed by atoms with E-state index < -0.39 is 0 Å². The first kappa shape index (κ1) is 20.3. The Kier molecular flexibility index (Phi) is 7.52. The summed E-state index contributed by atoms with van der Waals surface area (Å²) in [4.78, 5) is 12.2. The van der Waals surface area contributed by atoms with Crippen LogP contribution in [0.15, 0.2) is 78.9 Å². The van der Waals surface area contributed by atoms with Crippen LogP contribution in [0.2, 0.25) is 0 Å². The summed E-state index contributed by atoms with van der Waals surface area (Å²) in [5, 5.41) is 5.97. The third-order valence-corrected chi connectivity index (χ3v) is 4.36. The third kappa shape index (κ3) is 6.88. The highest BCUT2D eigenvalue weighted by Gasteiger charge is 2.04. The summed E-state index contributed by atoms with van der Waals surface area (Å²) in [6, 6.07) is 25.3. The molecule has 0 saturated heterocycles. The van der Waals surface area contributed by atoms with Crippen LogP contribution in [-0.4, -0.2) is 26.2 Å². The predicted molar refractivity (Wildman–Crippen MR) is 117 cm³/mol. The molecule has 150 valence electrons. The number of methoxy groups -OCH3 is 1. The number of carbonyl (C=O) groups is 1. The summed E-state index contributed by atoms with van der Waals surface area (Å²) < 4.78 is 11.0. The fraction of sp³-hybridized carbons (Fsp3) is 0.208. The molecule has 3 aromatic rings. The van der Waals surface area contributed by atoms with Gasteiger partial charge in [0, 0.05) is 23.5 Å². The minimum Gasteiger partial charge on any atom is -0.497 e. The Labute approximate surface area is 171 Å². The molecule has 0 atom stereocenters.